The zero-order valence-corrected chi connectivity index (χ0v) is 16.0. The maximum Gasteiger partial charge on any atom is 0.261 e. The van der Waals surface area contributed by atoms with E-state index in [-0.39, 0.29) is 24.3 Å². The first-order chi connectivity index (χ1) is 13.4. The Bertz CT molecular complexity index is 952. The van der Waals surface area contributed by atoms with E-state index >= 15 is 0 Å². The Morgan fingerprint density at radius 2 is 1.75 bits per heavy atom. The van der Waals surface area contributed by atoms with Gasteiger partial charge in [-0.3, -0.25) is 19.3 Å². The second-order valence-corrected chi connectivity index (χ2v) is 7.78. The molecule has 1 saturated heterocycles. The summed E-state index contributed by atoms with van der Waals surface area (Å²) in [5, 5.41) is 0. The lowest BCUT2D eigenvalue weighted by atomic mass is 10.0. The second-order valence-electron chi connectivity index (χ2n) is 7.78. The number of benzene rings is 2. The summed E-state index contributed by atoms with van der Waals surface area (Å²) in [7, 11) is 0. The van der Waals surface area contributed by atoms with Crippen molar-refractivity contribution in [2.45, 2.75) is 26.0 Å². The molecule has 6 nitrogen and oxygen atoms in total. The predicted molar refractivity (Wildman–Crippen MR) is 103 cm³/mol. The van der Waals surface area contributed by atoms with E-state index in [1.165, 1.54) is 4.90 Å². The molecule has 3 amide bonds. The predicted octanol–water partition coefficient (Wildman–Crippen LogP) is 2.73. The molecule has 0 N–H and O–H groups in total. The minimum atomic E-state index is -0.400. The van der Waals surface area contributed by atoms with Crippen LogP contribution >= 0.6 is 0 Å². The Morgan fingerprint density at radius 3 is 2.46 bits per heavy atom. The van der Waals surface area contributed by atoms with Crippen LogP contribution in [0.4, 0.5) is 0 Å². The quantitative estimate of drug-likeness (QED) is 0.771. The van der Waals surface area contributed by atoms with Crippen LogP contribution in [0, 0.1) is 0 Å². The largest absolute Gasteiger partial charge is 0.372 e. The molecule has 2 aromatic rings. The maximum atomic E-state index is 12.9. The molecule has 6 heteroatoms. The van der Waals surface area contributed by atoms with E-state index in [4.69, 9.17) is 4.74 Å². The molecule has 0 atom stereocenters. The van der Waals surface area contributed by atoms with E-state index in [2.05, 4.69) is 0 Å². The van der Waals surface area contributed by atoms with Crippen LogP contribution < -0.4 is 0 Å². The fourth-order valence-corrected chi connectivity index (χ4v) is 3.71. The third-order valence-electron chi connectivity index (χ3n) is 5.11. The molecule has 2 aromatic carbocycles. The summed E-state index contributed by atoms with van der Waals surface area (Å²) in [5.41, 5.74) is 1.53. The number of hydrogen-bond acceptors (Lipinski definition) is 4. The van der Waals surface area contributed by atoms with Gasteiger partial charge in [-0.05, 0) is 37.6 Å². The SMILES string of the molecule is CC1(C)CN(C(=O)c2ccc3c(c2)C(=O)N(Cc2ccccc2)C3=O)CCO1. The first-order valence-corrected chi connectivity index (χ1v) is 9.33. The van der Waals surface area contributed by atoms with E-state index in [0.717, 1.165) is 5.56 Å². The van der Waals surface area contributed by atoms with Gasteiger partial charge in [-0.25, -0.2) is 0 Å². The van der Waals surface area contributed by atoms with Gasteiger partial charge in [-0.1, -0.05) is 30.3 Å². The molecule has 0 aliphatic carbocycles. The second kappa shape index (κ2) is 6.87. The lowest BCUT2D eigenvalue weighted by molar-refractivity contribution is -0.0764. The minimum Gasteiger partial charge on any atom is -0.372 e. The van der Waals surface area contributed by atoms with Gasteiger partial charge in [0.15, 0.2) is 0 Å². The molecule has 0 spiro atoms. The van der Waals surface area contributed by atoms with Crippen molar-refractivity contribution in [2.24, 2.45) is 0 Å². The number of carbonyl (C=O) groups excluding carboxylic acids is 3. The molecule has 0 radical (unpaired) electrons. The molecular weight excluding hydrogens is 356 g/mol. The number of nitrogens with zero attached hydrogens (tertiary/aromatic N) is 2. The minimum absolute atomic E-state index is 0.152. The lowest BCUT2D eigenvalue weighted by Gasteiger charge is -2.38. The number of morpholine rings is 1. The van der Waals surface area contributed by atoms with E-state index in [1.54, 1.807) is 23.1 Å². The number of imide groups is 1. The van der Waals surface area contributed by atoms with Gasteiger partial charge in [0.05, 0.1) is 29.9 Å². The molecule has 2 aliphatic heterocycles. The van der Waals surface area contributed by atoms with Crippen LogP contribution in [0.25, 0.3) is 0 Å². The van der Waals surface area contributed by atoms with Crippen molar-refractivity contribution in [1.82, 2.24) is 9.80 Å². The van der Waals surface area contributed by atoms with Gasteiger partial charge in [-0.2, -0.15) is 0 Å². The summed E-state index contributed by atoms with van der Waals surface area (Å²) < 4.78 is 5.66. The van der Waals surface area contributed by atoms with E-state index < -0.39 is 5.60 Å². The third-order valence-corrected chi connectivity index (χ3v) is 5.11. The molecule has 4 rings (SSSR count). The van der Waals surface area contributed by atoms with Crippen LogP contribution in [-0.4, -0.2) is 52.8 Å². The van der Waals surface area contributed by atoms with E-state index in [9.17, 15) is 14.4 Å². The summed E-state index contributed by atoms with van der Waals surface area (Å²) in [4.78, 5) is 41.4. The fraction of sp³-hybridized carbons (Fsp3) is 0.318. The molecule has 0 saturated carbocycles. The highest BCUT2D eigenvalue weighted by atomic mass is 16.5. The van der Waals surface area contributed by atoms with Crippen molar-refractivity contribution in [2.75, 3.05) is 19.7 Å². The summed E-state index contributed by atoms with van der Waals surface area (Å²) in [5.74, 6) is -0.836. The summed E-state index contributed by atoms with van der Waals surface area (Å²) in [6, 6.07) is 14.1. The number of fused-ring (bicyclic) bond motifs is 1. The molecule has 144 valence electrons. The number of rotatable bonds is 3. The van der Waals surface area contributed by atoms with Crippen LogP contribution in [0.15, 0.2) is 48.5 Å². The first kappa shape index (κ1) is 18.4. The smallest absolute Gasteiger partial charge is 0.261 e. The molecule has 0 aromatic heterocycles. The van der Waals surface area contributed by atoms with Crippen LogP contribution in [0.5, 0.6) is 0 Å². The zero-order valence-electron chi connectivity index (χ0n) is 16.0. The molecule has 1 fully saturated rings. The number of carbonyl (C=O) groups is 3. The van der Waals surface area contributed by atoms with Gasteiger partial charge in [0.25, 0.3) is 17.7 Å². The Labute approximate surface area is 163 Å². The molecule has 0 bridgehead atoms. The van der Waals surface area contributed by atoms with Crippen molar-refractivity contribution < 1.29 is 19.1 Å². The summed E-state index contributed by atoms with van der Waals surface area (Å²) in [6.45, 7) is 5.57. The molecule has 2 aliphatic rings. The lowest BCUT2D eigenvalue weighted by Crippen LogP contribution is -2.50. The van der Waals surface area contributed by atoms with Gasteiger partial charge in [0.1, 0.15) is 0 Å². The highest BCUT2D eigenvalue weighted by molar-refractivity contribution is 6.22. The molecule has 0 unspecified atom stereocenters. The maximum absolute atomic E-state index is 12.9. The highest BCUT2D eigenvalue weighted by Gasteiger charge is 2.37. The normalized spacial score (nSPS) is 18.4. The molecule has 28 heavy (non-hydrogen) atoms. The number of ether oxygens (including phenoxy) is 1. The molecular formula is C22H22N2O4. The van der Waals surface area contributed by atoms with Crippen molar-refractivity contribution in [3.63, 3.8) is 0 Å². The van der Waals surface area contributed by atoms with Gasteiger partial charge < -0.3 is 9.64 Å². The van der Waals surface area contributed by atoms with Crippen LogP contribution in [0.2, 0.25) is 0 Å². The standard InChI is InChI=1S/C22H22N2O4/c1-22(2)14-23(10-11-28-22)19(25)16-8-9-17-18(12-16)21(27)24(20(17)26)13-15-6-4-3-5-7-15/h3-9,12H,10-11,13-14H2,1-2H3. The van der Waals surface area contributed by atoms with Crippen molar-refractivity contribution >= 4 is 17.7 Å². The average molecular weight is 378 g/mol. The van der Waals surface area contributed by atoms with Gasteiger partial charge >= 0.3 is 0 Å². The van der Waals surface area contributed by atoms with Crippen molar-refractivity contribution in [3.8, 4) is 0 Å². The highest BCUT2D eigenvalue weighted by Crippen LogP contribution is 2.27. The first-order valence-electron chi connectivity index (χ1n) is 9.33. The Morgan fingerprint density at radius 1 is 1.04 bits per heavy atom. The van der Waals surface area contributed by atoms with Crippen LogP contribution in [-0.2, 0) is 11.3 Å². The topological polar surface area (TPSA) is 66.9 Å². The number of hydrogen-bond donors (Lipinski definition) is 0. The third kappa shape index (κ3) is 3.31. The van der Waals surface area contributed by atoms with E-state index in [0.29, 0.717) is 36.4 Å². The monoisotopic (exact) mass is 378 g/mol. The van der Waals surface area contributed by atoms with Crippen molar-refractivity contribution in [3.05, 3.63) is 70.8 Å². The van der Waals surface area contributed by atoms with Crippen molar-refractivity contribution in [1.29, 1.82) is 0 Å². The van der Waals surface area contributed by atoms with E-state index in [1.807, 2.05) is 44.2 Å². The zero-order chi connectivity index (χ0) is 19.9. The van der Waals surface area contributed by atoms with Gasteiger partial charge in [0, 0.05) is 18.7 Å². The Balaban J connectivity index is 1.58. The fourth-order valence-electron chi connectivity index (χ4n) is 3.71. The average Bonchev–Trinajstić information content (AvgIpc) is 2.92. The number of amides is 3. The Kier molecular flexibility index (Phi) is 4.51. The van der Waals surface area contributed by atoms with Gasteiger partial charge in [0.2, 0.25) is 0 Å². The van der Waals surface area contributed by atoms with Gasteiger partial charge in [-0.15, -0.1) is 0 Å². The van der Waals surface area contributed by atoms with Crippen LogP contribution in [0.3, 0.4) is 0 Å². The summed E-state index contributed by atoms with van der Waals surface area (Å²) >= 11 is 0. The Hall–Kier alpha value is -2.99. The molecule has 2 heterocycles. The summed E-state index contributed by atoms with van der Waals surface area (Å²) in [6.07, 6.45) is 0. The van der Waals surface area contributed by atoms with Crippen LogP contribution in [0.1, 0.15) is 50.5 Å².